The predicted molar refractivity (Wildman–Crippen MR) is 124 cm³/mol. The number of hydrogen-bond acceptors (Lipinski definition) is 4. The van der Waals surface area contributed by atoms with Crippen LogP contribution in [0.3, 0.4) is 0 Å². The normalized spacial score (nSPS) is 12.3. The molecule has 2 rings (SSSR count). The molecule has 0 aliphatic rings. The van der Waals surface area contributed by atoms with E-state index in [4.69, 9.17) is 39.5 Å². The van der Waals surface area contributed by atoms with E-state index in [9.17, 15) is 9.90 Å². The summed E-state index contributed by atoms with van der Waals surface area (Å²) >= 11 is 18.4. The average molecular weight is 474 g/mol. The number of aliphatic hydroxyl groups is 1. The van der Waals surface area contributed by atoms with E-state index in [0.29, 0.717) is 26.5 Å². The summed E-state index contributed by atoms with van der Waals surface area (Å²) in [7, 11) is 1.74. The second-order valence-corrected chi connectivity index (χ2v) is 8.82. The number of aliphatic hydroxyl groups excluding tert-OH is 1. The van der Waals surface area contributed by atoms with Crippen molar-refractivity contribution in [3.8, 4) is 5.75 Å². The van der Waals surface area contributed by atoms with Gasteiger partial charge in [0.15, 0.2) is 0 Å². The lowest BCUT2D eigenvalue weighted by atomic mass is 10.0. The standard InChI is InChI=1S/C22H27Cl3N2O3/c1-13(2)16-9-19(25)14(3)8-20(16)30-12-15(28)10-27(4)11-21(29)26-22-17(23)6-5-7-18(22)24/h5-9,13,15,28H,10-12H2,1-4H3,(H,26,29). The molecule has 30 heavy (non-hydrogen) atoms. The zero-order valence-corrected chi connectivity index (χ0v) is 19.8. The number of ether oxygens (including phenoxy) is 1. The van der Waals surface area contributed by atoms with Gasteiger partial charge in [-0.3, -0.25) is 9.69 Å². The number of anilines is 1. The SMILES string of the molecule is Cc1cc(OCC(O)CN(C)CC(=O)Nc2c(Cl)cccc2Cl)c(C(C)C)cc1Cl. The molecule has 0 spiro atoms. The number of halogens is 3. The zero-order valence-electron chi connectivity index (χ0n) is 17.5. The zero-order chi connectivity index (χ0) is 22.4. The van der Waals surface area contributed by atoms with Crippen LogP contribution in [0.2, 0.25) is 15.1 Å². The van der Waals surface area contributed by atoms with Crippen LogP contribution >= 0.6 is 34.8 Å². The molecule has 2 aromatic rings. The molecule has 1 unspecified atom stereocenters. The van der Waals surface area contributed by atoms with E-state index >= 15 is 0 Å². The average Bonchev–Trinajstić information content (AvgIpc) is 2.65. The van der Waals surface area contributed by atoms with E-state index in [1.807, 2.05) is 19.1 Å². The van der Waals surface area contributed by atoms with Crippen molar-refractivity contribution in [1.29, 1.82) is 0 Å². The van der Waals surface area contributed by atoms with Gasteiger partial charge >= 0.3 is 0 Å². The molecule has 8 heteroatoms. The monoisotopic (exact) mass is 472 g/mol. The van der Waals surface area contributed by atoms with E-state index < -0.39 is 6.10 Å². The lowest BCUT2D eigenvalue weighted by Crippen LogP contribution is -2.38. The lowest BCUT2D eigenvalue weighted by molar-refractivity contribution is -0.117. The lowest BCUT2D eigenvalue weighted by Gasteiger charge is -2.22. The minimum absolute atomic E-state index is 0.0654. The van der Waals surface area contributed by atoms with Gasteiger partial charge in [-0.05, 0) is 55.3 Å². The van der Waals surface area contributed by atoms with Gasteiger partial charge in [0.1, 0.15) is 18.5 Å². The third-order valence-electron chi connectivity index (χ3n) is 4.51. The molecule has 0 radical (unpaired) electrons. The number of nitrogens with one attached hydrogen (secondary N) is 1. The van der Waals surface area contributed by atoms with Crippen LogP contribution in [0.15, 0.2) is 30.3 Å². The fourth-order valence-corrected chi connectivity index (χ4v) is 3.61. The molecule has 0 saturated carbocycles. The molecule has 2 aromatic carbocycles. The molecule has 1 amide bonds. The van der Waals surface area contributed by atoms with Crippen molar-refractivity contribution >= 4 is 46.4 Å². The van der Waals surface area contributed by atoms with Gasteiger partial charge in [-0.25, -0.2) is 0 Å². The second kappa shape index (κ2) is 11.2. The van der Waals surface area contributed by atoms with Crippen LogP contribution in [0, 0.1) is 6.92 Å². The minimum atomic E-state index is -0.775. The summed E-state index contributed by atoms with van der Waals surface area (Å²) in [5, 5.41) is 14.5. The molecule has 0 saturated heterocycles. The number of rotatable bonds is 9. The summed E-state index contributed by atoms with van der Waals surface area (Å²) in [6.45, 7) is 6.45. The maximum Gasteiger partial charge on any atom is 0.238 e. The maximum atomic E-state index is 12.3. The number of para-hydroxylation sites is 1. The van der Waals surface area contributed by atoms with Crippen molar-refractivity contribution in [2.45, 2.75) is 32.8 Å². The Morgan fingerprint density at radius 2 is 1.80 bits per heavy atom. The fraction of sp³-hybridized carbons (Fsp3) is 0.409. The molecule has 0 aliphatic carbocycles. The van der Waals surface area contributed by atoms with Crippen molar-refractivity contribution in [1.82, 2.24) is 4.90 Å². The highest BCUT2D eigenvalue weighted by Crippen LogP contribution is 2.32. The van der Waals surface area contributed by atoms with Gasteiger partial charge in [0, 0.05) is 11.6 Å². The summed E-state index contributed by atoms with van der Waals surface area (Å²) in [4.78, 5) is 14.0. The Labute approximate surface area is 192 Å². The Kier molecular flexibility index (Phi) is 9.26. The summed E-state index contributed by atoms with van der Waals surface area (Å²) in [6, 6.07) is 8.79. The van der Waals surface area contributed by atoms with Crippen molar-refractivity contribution in [3.63, 3.8) is 0 Å². The van der Waals surface area contributed by atoms with Crippen LogP contribution in [-0.4, -0.2) is 48.8 Å². The Bertz CT molecular complexity index is 870. The van der Waals surface area contributed by atoms with Crippen LogP contribution in [0.1, 0.15) is 30.9 Å². The van der Waals surface area contributed by atoms with E-state index in [-0.39, 0.29) is 31.5 Å². The topological polar surface area (TPSA) is 61.8 Å². The first-order valence-electron chi connectivity index (χ1n) is 9.61. The molecule has 0 bridgehead atoms. The molecule has 5 nitrogen and oxygen atoms in total. The number of carbonyl (C=O) groups is 1. The first kappa shape index (κ1) is 24.8. The van der Waals surface area contributed by atoms with Crippen LogP contribution in [0.25, 0.3) is 0 Å². The van der Waals surface area contributed by atoms with Gasteiger partial charge in [0.25, 0.3) is 0 Å². The van der Waals surface area contributed by atoms with Gasteiger partial charge < -0.3 is 15.2 Å². The van der Waals surface area contributed by atoms with Crippen LogP contribution in [0.5, 0.6) is 5.75 Å². The van der Waals surface area contributed by atoms with E-state index in [1.165, 1.54) is 0 Å². The molecular formula is C22H27Cl3N2O3. The fourth-order valence-electron chi connectivity index (χ4n) is 2.95. The number of nitrogens with zero attached hydrogens (tertiary/aromatic N) is 1. The Balaban J connectivity index is 1.88. The van der Waals surface area contributed by atoms with Gasteiger partial charge in [0.05, 0.1) is 22.3 Å². The predicted octanol–water partition coefficient (Wildman–Crippen LogP) is 5.39. The number of carbonyl (C=O) groups excluding carboxylic acids is 1. The highest BCUT2D eigenvalue weighted by atomic mass is 35.5. The van der Waals surface area contributed by atoms with Crippen LogP contribution < -0.4 is 10.1 Å². The first-order valence-corrected chi connectivity index (χ1v) is 10.7. The van der Waals surface area contributed by atoms with Crippen LogP contribution in [-0.2, 0) is 4.79 Å². The number of aryl methyl sites for hydroxylation is 1. The first-order chi connectivity index (χ1) is 14.1. The quantitative estimate of drug-likeness (QED) is 0.513. The molecule has 0 aromatic heterocycles. The number of likely N-dealkylation sites (N-methyl/N-ethyl adjacent to an activating group) is 1. The largest absolute Gasteiger partial charge is 0.491 e. The highest BCUT2D eigenvalue weighted by molar-refractivity contribution is 6.39. The van der Waals surface area contributed by atoms with Gasteiger partial charge in [-0.2, -0.15) is 0 Å². The number of hydrogen-bond donors (Lipinski definition) is 2. The van der Waals surface area contributed by atoms with Gasteiger partial charge in [-0.15, -0.1) is 0 Å². The third kappa shape index (κ3) is 7.03. The molecule has 164 valence electrons. The van der Waals surface area contributed by atoms with E-state index in [2.05, 4.69) is 19.2 Å². The van der Waals surface area contributed by atoms with E-state index in [1.54, 1.807) is 30.1 Å². The van der Waals surface area contributed by atoms with E-state index in [0.717, 1.165) is 11.1 Å². The Morgan fingerprint density at radius 1 is 1.17 bits per heavy atom. The molecule has 0 aliphatic heterocycles. The maximum absolute atomic E-state index is 12.3. The van der Waals surface area contributed by atoms with Crippen molar-refractivity contribution < 1.29 is 14.6 Å². The summed E-state index contributed by atoms with van der Waals surface area (Å²) in [5.41, 5.74) is 2.28. The van der Waals surface area contributed by atoms with Crippen LogP contribution in [0.4, 0.5) is 5.69 Å². The van der Waals surface area contributed by atoms with Gasteiger partial charge in [-0.1, -0.05) is 54.7 Å². The summed E-state index contributed by atoms with van der Waals surface area (Å²) in [5.74, 6) is 0.661. The summed E-state index contributed by atoms with van der Waals surface area (Å²) in [6.07, 6.45) is -0.775. The molecule has 1 atom stereocenters. The van der Waals surface area contributed by atoms with Crippen molar-refractivity contribution in [2.24, 2.45) is 0 Å². The third-order valence-corrected chi connectivity index (χ3v) is 5.54. The number of amides is 1. The summed E-state index contributed by atoms with van der Waals surface area (Å²) < 4.78 is 5.86. The Morgan fingerprint density at radius 3 is 2.40 bits per heavy atom. The molecule has 2 N–H and O–H groups in total. The highest BCUT2D eigenvalue weighted by Gasteiger charge is 2.16. The smallest absolute Gasteiger partial charge is 0.238 e. The number of benzene rings is 2. The molecular weight excluding hydrogens is 447 g/mol. The van der Waals surface area contributed by atoms with Gasteiger partial charge in [0.2, 0.25) is 5.91 Å². The molecule has 0 heterocycles. The minimum Gasteiger partial charge on any atom is -0.491 e. The van der Waals surface area contributed by atoms with Crippen molar-refractivity contribution in [2.75, 3.05) is 32.1 Å². The Hall–Kier alpha value is -1.50. The molecule has 0 fully saturated rings. The van der Waals surface area contributed by atoms with Crippen molar-refractivity contribution in [3.05, 3.63) is 56.5 Å². The second-order valence-electron chi connectivity index (χ2n) is 7.60.